The standard InChI is InChI=1S/C10H14N2OSi/c1-14(2,3)13-10-5-4-8(7-11)6-9(10)12/h4-6H,12H2,1-3H3. The molecule has 0 amide bonds. The third-order valence-electron chi connectivity index (χ3n) is 1.56. The smallest absolute Gasteiger partial charge is 0.242 e. The van der Waals surface area contributed by atoms with Gasteiger partial charge in [0.2, 0.25) is 8.32 Å². The summed E-state index contributed by atoms with van der Waals surface area (Å²) >= 11 is 0. The zero-order chi connectivity index (χ0) is 10.8. The molecule has 2 N–H and O–H groups in total. The molecule has 0 aliphatic rings. The molecule has 0 aliphatic heterocycles. The van der Waals surface area contributed by atoms with Gasteiger partial charge >= 0.3 is 0 Å². The van der Waals surface area contributed by atoms with Crippen LogP contribution in [0.3, 0.4) is 0 Å². The topological polar surface area (TPSA) is 59.0 Å². The van der Waals surface area contributed by atoms with Crippen molar-refractivity contribution in [2.45, 2.75) is 19.6 Å². The Morgan fingerprint density at radius 3 is 2.43 bits per heavy atom. The molecule has 0 aliphatic carbocycles. The predicted octanol–water partition coefficient (Wildman–Crippen LogP) is 2.35. The van der Waals surface area contributed by atoms with Crippen molar-refractivity contribution in [3.63, 3.8) is 0 Å². The Balaban J connectivity index is 2.97. The van der Waals surface area contributed by atoms with Gasteiger partial charge in [-0.25, -0.2) is 0 Å². The maximum Gasteiger partial charge on any atom is 0.242 e. The molecule has 0 atom stereocenters. The number of benzene rings is 1. The summed E-state index contributed by atoms with van der Waals surface area (Å²) in [7, 11) is -1.62. The molecule has 0 radical (unpaired) electrons. The van der Waals surface area contributed by atoms with E-state index < -0.39 is 8.32 Å². The molecule has 0 unspecified atom stereocenters. The summed E-state index contributed by atoms with van der Waals surface area (Å²) in [5.41, 5.74) is 6.84. The first-order chi connectivity index (χ1) is 6.42. The van der Waals surface area contributed by atoms with Crippen molar-refractivity contribution in [1.29, 1.82) is 5.26 Å². The van der Waals surface area contributed by atoms with Crippen molar-refractivity contribution >= 4 is 14.0 Å². The molecule has 74 valence electrons. The molecule has 1 aromatic rings. The van der Waals surface area contributed by atoms with Crippen LogP contribution in [-0.2, 0) is 0 Å². The van der Waals surface area contributed by atoms with Crippen molar-refractivity contribution in [3.8, 4) is 11.8 Å². The van der Waals surface area contributed by atoms with Gasteiger partial charge in [-0.3, -0.25) is 0 Å². The van der Waals surface area contributed by atoms with Crippen molar-refractivity contribution in [1.82, 2.24) is 0 Å². The van der Waals surface area contributed by atoms with Gasteiger partial charge in [-0.2, -0.15) is 5.26 Å². The summed E-state index contributed by atoms with van der Waals surface area (Å²) in [6.45, 7) is 6.26. The number of nitrogens with two attached hydrogens (primary N) is 1. The minimum atomic E-state index is -1.62. The van der Waals surface area contributed by atoms with E-state index in [0.717, 1.165) is 0 Å². The zero-order valence-corrected chi connectivity index (χ0v) is 9.66. The molecule has 0 saturated heterocycles. The minimum absolute atomic E-state index is 0.534. The second kappa shape index (κ2) is 3.72. The van der Waals surface area contributed by atoms with E-state index in [2.05, 4.69) is 19.6 Å². The van der Waals surface area contributed by atoms with E-state index in [1.807, 2.05) is 6.07 Å². The van der Waals surface area contributed by atoms with E-state index in [9.17, 15) is 0 Å². The number of hydrogen-bond acceptors (Lipinski definition) is 3. The Morgan fingerprint density at radius 2 is 2.00 bits per heavy atom. The zero-order valence-electron chi connectivity index (χ0n) is 8.66. The summed E-state index contributed by atoms with van der Waals surface area (Å²) < 4.78 is 5.74. The number of rotatable bonds is 2. The van der Waals surface area contributed by atoms with Gasteiger partial charge in [-0.05, 0) is 37.8 Å². The molecule has 0 spiro atoms. The molecule has 1 aromatic carbocycles. The van der Waals surface area contributed by atoms with Gasteiger partial charge < -0.3 is 10.2 Å². The van der Waals surface area contributed by atoms with Gasteiger partial charge in [0.25, 0.3) is 0 Å². The van der Waals surface area contributed by atoms with Gasteiger partial charge in [0, 0.05) is 0 Å². The number of hydrogen-bond donors (Lipinski definition) is 1. The van der Waals surface area contributed by atoms with E-state index in [1.54, 1.807) is 18.2 Å². The number of nitrogen functional groups attached to an aromatic ring is 1. The summed E-state index contributed by atoms with van der Waals surface area (Å²) in [5.74, 6) is 0.683. The largest absolute Gasteiger partial charge is 0.543 e. The first-order valence-corrected chi connectivity index (χ1v) is 7.82. The first kappa shape index (κ1) is 10.6. The maximum absolute atomic E-state index is 8.65. The normalized spacial score (nSPS) is 10.7. The molecular formula is C10H14N2OSi. The van der Waals surface area contributed by atoms with Crippen LogP contribution in [0.15, 0.2) is 18.2 Å². The van der Waals surface area contributed by atoms with Gasteiger partial charge in [0.1, 0.15) is 5.75 Å². The molecule has 0 heterocycles. The summed E-state index contributed by atoms with van der Waals surface area (Å²) in [6, 6.07) is 7.14. The molecule has 4 heteroatoms. The maximum atomic E-state index is 8.65. The highest BCUT2D eigenvalue weighted by Gasteiger charge is 2.17. The van der Waals surface area contributed by atoms with Gasteiger partial charge in [-0.1, -0.05) is 0 Å². The number of nitriles is 1. The summed E-state index contributed by atoms with van der Waals surface area (Å²) in [4.78, 5) is 0. The molecule has 14 heavy (non-hydrogen) atoms. The van der Waals surface area contributed by atoms with Crippen molar-refractivity contribution in [3.05, 3.63) is 23.8 Å². The predicted molar refractivity (Wildman–Crippen MR) is 59.5 cm³/mol. The molecular weight excluding hydrogens is 192 g/mol. The van der Waals surface area contributed by atoms with E-state index in [-0.39, 0.29) is 0 Å². The highest BCUT2D eigenvalue weighted by molar-refractivity contribution is 6.70. The third-order valence-corrected chi connectivity index (χ3v) is 2.39. The molecule has 0 aromatic heterocycles. The van der Waals surface area contributed by atoms with Crippen LogP contribution in [0, 0.1) is 11.3 Å². The lowest BCUT2D eigenvalue weighted by molar-refractivity contribution is 0.560. The van der Waals surface area contributed by atoms with Crippen LogP contribution in [0.2, 0.25) is 19.6 Å². The molecule has 3 nitrogen and oxygen atoms in total. The van der Waals surface area contributed by atoms with Crippen molar-refractivity contribution < 1.29 is 4.43 Å². The average Bonchev–Trinajstić information content (AvgIpc) is 2.06. The Hall–Kier alpha value is -1.47. The monoisotopic (exact) mass is 206 g/mol. The van der Waals surface area contributed by atoms with Crippen LogP contribution in [0.1, 0.15) is 5.56 Å². The highest BCUT2D eigenvalue weighted by atomic mass is 28.4. The van der Waals surface area contributed by atoms with Crippen LogP contribution in [0.4, 0.5) is 5.69 Å². The number of nitrogens with zero attached hydrogens (tertiary/aromatic N) is 1. The Bertz CT molecular complexity index is 377. The average molecular weight is 206 g/mol. The lowest BCUT2D eigenvalue weighted by Gasteiger charge is -2.20. The second-order valence-corrected chi connectivity index (χ2v) is 8.51. The highest BCUT2D eigenvalue weighted by Crippen LogP contribution is 2.24. The van der Waals surface area contributed by atoms with E-state index in [4.69, 9.17) is 15.4 Å². The van der Waals surface area contributed by atoms with Crippen LogP contribution in [0.25, 0.3) is 0 Å². The Labute approximate surface area is 85.2 Å². The van der Waals surface area contributed by atoms with Gasteiger partial charge in [0.05, 0.1) is 17.3 Å². The quantitative estimate of drug-likeness (QED) is 0.597. The fraction of sp³-hybridized carbons (Fsp3) is 0.300. The number of anilines is 1. The molecule has 1 rings (SSSR count). The van der Waals surface area contributed by atoms with Crippen LogP contribution in [-0.4, -0.2) is 8.32 Å². The van der Waals surface area contributed by atoms with E-state index in [1.165, 1.54) is 0 Å². The van der Waals surface area contributed by atoms with Gasteiger partial charge in [-0.15, -0.1) is 0 Å². The first-order valence-electron chi connectivity index (χ1n) is 4.41. The molecule has 0 saturated carbocycles. The van der Waals surface area contributed by atoms with Crippen LogP contribution in [0.5, 0.6) is 5.75 Å². The summed E-state index contributed by atoms with van der Waals surface area (Å²) in [6.07, 6.45) is 0. The third kappa shape index (κ3) is 2.78. The molecule has 0 bridgehead atoms. The molecule has 0 fully saturated rings. The Kier molecular flexibility index (Phi) is 2.82. The minimum Gasteiger partial charge on any atom is -0.543 e. The van der Waals surface area contributed by atoms with Crippen molar-refractivity contribution in [2.75, 3.05) is 5.73 Å². The Morgan fingerprint density at radius 1 is 1.36 bits per heavy atom. The fourth-order valence-electron chi connectivity index (χ4n) is 1.04. The van der Waals surface area contributed by atoms with Crippen LogP contribution >= 0.6 is 0 Å². The van der Waals surface area contributed by atoms with Crippen LogP contribution < -0.4 is 10.2 Å². The lowest BCUT2D eigenvalue weighted by atomic mass is 10.2. The van der Waals surface area contributed by atoms with E-state index >= 15 is 0 Å². The SMILES string of the molecule is C[Si](C)(C)Oc1ccc(C#N)cc1N. The van der Waals surface area contributed by atoms with E-state index in [0.29, 0.717) is 17.0 Å². The van der Waals surface area contributed by atoms with Gasteiger partial charge in [0.15, 0.2) is 0 Å². The van der Waals surface area contributed by atoms with Crippen molar-refractivity contribution in [2.24, 2.45) is 0 Å². The lowest BCUT2D eigenvalue weighted by Crippen LogP contribution is -2.29. The fourth-order valence-corrected chi connectivity index (χ4v) is 1.89. The summed E-state index contributed by atoms with van der Waals surface area (Å²) in [5, 5.41) is 8.65. The second-order valence-electron chi connectivity index (χ2n) is 4.08.